The average Bonchev–Trinajstić information content (AvgIpc) is 3.16. The number of hydrogen-bond acceptors (Lipinski definition) is 10. The molecule has 0 radical (unpaired) electrons. The van der Waals surface area contributed by atoms with E-state index >= 15 is 0 Å². The van der Waals surface area contributed by atoms with Crippen molar-refractivity contribution in [2.75, 3.05) is 18.9 Å². The zero-order chi connectivity index (χ0) is 20.0. The summed E-state index contributed by atoms with van der Waals surface area (Å²) in [4.78, 5) is 36.2. The summed E-state index contributed by atoms with van der Waals surface area (Å²) in [5, 5.41) is 0. The van der Waals surface area contributed by atoms with Crippen molar-refractivity contribution in [1.29, 1.82) is 0 Å². The van der Waals surface area contributed by atoms with Crippen LogP contribution in [0.5, 0.6) is 0 Å². The van der Waals surface area contributed by atoms with Gasteiger partial charge in [0.15, 0.2) is 12.1 Å². The van der Waals surface area contributed by atoms with Gasteiger partial charge in [0.05, 0.1) is 21.0 Å². The molecule has 13 heteroatoms. The zero-order valence-corrected chi connectivity index (χ0v) is 15.8. The number of imidazole rings is 1. The van der Waals surface area contributed by atoms with E-state index in [0.29, 0.717) is 0 Å². The number of nitrogens with zero attached hydrogens (tertiary/aromatic N) is 1. The number of nitrogen functional groups attached to an aromatic ring is 1. The maximum Gasteiger partial charge on any atom is 0.377 e. The number of ether oxygens (including phenoxy) is 4. The average molecular weight is 406 g/mol. The number of rotatable bonds is 6. The van der Waals surface area contributed by atoms with Crippen molar-refractivity contribution in [2.24, 2.45) is 0 Å². The van der Waals surface area contributed by atoms with E-state index in [1.54, 1.807) is 20.8 Å². The van der Waals surface area contributed by atoms with Crippen LogP contribution in [0.1, 0.15) is 37.5 Å². The number of nitrogens with two attached hydrogens (primary N) is 1. The largest absolute Gasteiger partial charge is 0.790 e. The maximum atomic E-state index is 11.9. The lowest BCUT2D eigenvalue weighted by atomic mass is 10.1. The van der Waals surface area contributed by atoms with Crippen molar-refractivity contribution in [3.63, 3.8) is 0 Å². The summed E-state index contributed by atoms with van der Waals surface area (Å²) in [5.74, 6) is -1.56. The number of aromatic nitrogens is 2. The van der Waals surface area contributed by atoms with Crippen LogP contribution in [0.15, 0.2) is 6.33 Å². The molecular weight excluding hydrogens is 385 g/mol. The number of fused-ring (bicyclic) bond motifs is 1. The third-order valence-electron chi connectivity index (χ3n) is 4.16. The molecule has 2 aliphatic heterocycles. The summed E-state index contributed by atoms with van der Waals surface area (Å²) >= 11 is 0. The second-order valence-electron chi connectivity index (χ2n) is 6.53. The molecule has 0 aliphatic carbocycles. The number of nitrogens with one attached hydrogen (secondary N) is 1. The first-order valence-electron chi connectivity index (χ1n) is 8.25. The van der Waals surface area contributed by atoms with Crippen LogP contribution in [0.4, 0.5) is 5.82 Å². The highest BCUT2D eigenvalue weighted by molar-refractivity contribution is 7.43. The molecule has 1 aromatic heterocycles. The number of esters is 1. The first-order chi connectivity index (χ1) is 12.5. The van der Waals surface area contributed by atoms with Gasteiger partial charge in [0.1, 0.15) is 18.3 Å². The quantitative estimate of drug-likeness (QED) is 0.316. The third-order valence-corrected chi connectivity index (χ3v) is 4.62. The van der Waals surface area contributed by atoms with Crippen LogP contribution >= 0.6 is 7.82 Å². The first-order valence-corrected chi connectivity index (χ1v) is 9.71. The molecular formula is C14H21N3O9P-. The maximum absolute atomic E-state index is 11.9. The molecule has 152 valence electrons. The monoisotopic (exact) mass is 406 g/mol. The third kappa shape index (κ3) is 4.16. The molecule has 3 heterocycles. The molecule has 2 saturated heterocycles. The Morgan fingerprint density at radius 3 is 2.70 bits per heavy atom. The fourth-order valence-electron chi connectivity index (χ4n) is 3.17. The predicted molar refractivity (Wildman–Crippen MR) is 82.7 cm³/mol. The molecule has 2 aliphatic rings. The van der Waals surface area contributed by atoms with E-state index in [-0.39, 0.29) is 18.1 Å². The van der Waals surface area contributed by atoms with Crippen LogP contribution in [0.3, 0.4) is 0 Å². The van der Waals surface area contributed by atoms with E-state index in [4.69, 9.17) is 24.7 Å². The molecule has 27 heavy (non-hydrogen) atoms. The number of H-pyrrole nitrogens is 1. The summed E-state index contributed by atoms with van der Waals surface area (Å²) in [5.41, 5.74) is 6.07. The van der Waals surface area contributed by atoms with Crippen LogP contribution in [-0.4, -0.2) is 48.3 Å². The molecule has 2 fully saturated rings. The Balaban J connectivity index is 1.85. The molecule has 0 aromatic carbocycles. The molecule has 0 bridgehead atoms. The Labute approximate surface area is 154 Å². The number of phosphoric ester groups is 1. The Morgan fingerprint density at radius 2 is 2.07 bits per heavy atom. The lowest BCUT2D eigenvalue weighted by molar-refractivity contribution is -0.753. The van der Waals surface area contributed by atoms with Crippen LogP contribution in [0.2, 0.25) is 0 Å². The molecule has 4 atom stereocenters. The van der Waals surface area contributed by atoms with Gasteiger partial charge in [-0.15, -0.1) is 0 Å². The number of anilines is 1. The van der Waals surface area contributed by atoms with Crippen molar-refractivity contribution in [3.05, 3.63) is 12.0 Å². The van der Waals surface area contributed by atoms with Gasteiger partial charge in [-0.05, 0) is 20.8 Å². The van der Waals surface area contributed by atoms with Gasteiger partial charge in [-0.25, -0.2) is 9.36 Å². The molecule has 3 rings (SSSR count). The Kier molecular flexibility index (Phi) is 5.34. The smallest absolute Gasteiger partial charge is 0.377 e. The highest BCUT2D eigenvalue weighted by Crippen LogP contribution is 2.42. The minimum Gasteiger partial charge on any atom is -0.790 e. The SMILES string of the molecule is CCOC(=O)c1[nH]c[n+]([C@@H]2O[C@@H](COP(=O)([O-])[O-])[C@H]3OC(C)(C)O[C@H]32)c1N. The van der Waals surface area contributed by atoms with E-state index in [1.807, 2.05) is 0 Å². The zero-order valence-electron chi connectivity index (χ0n) is 14.9. The lowest BCUT2D eigenvalue weighted by Gasteiger charge is -2.31. The summed E-state index contributed by atoms with van der Waals surface area (Å²) in [6, 6.07) is 0. The van der Waals surface area contributed by atoms with E-state index in [0.717, 1.165) is 0 Å². The van der Waals surface area contributed by atoms with Gasteiger partial charge >= 0.3 is 5.97 Å². The molecule has 0 amide bonds. The van der Waals surface area contributed by atoms with Crippen molar-refractivity contribution in [3.8, 4) is 0 Å². The second kappa shape index (κ2) is 7.13. The summed E-state index contributed by atoms with van der Waals surface area (Å²) < 4.78 is 38.8. The van der Waals surface area contributed by atoms with E-state index in [2.05, 4.69) is 9.51 Å². The lowest BCUT2D eigenvalue weighted by Crippen LogP contribution is -2.47. The molecule has 1 aromatic rings. The molecule has 0 spiro atoms. The summed E-state index contributed by atoms with van der Waals surface area (Å²) in [7, 11) is -5.18. The second-order valence-corrected chi connectivity index (χ2v) is 7.69. The van der Waals surface area contributed by atoms with Crippen molar-refractivity contribution in [1.82, 2.24) is 4.98 Å². The van der Waals surface area contributed by atoms with Gasteiger partial charge in [0.25, 0.3) is 11.5 Å². The van der Waals surface area contributed by atoms with Crippen molar-refractivity contribution in [2.45, 2.75) is 51.1 Å². The minimum absolute atomic E-state index is 0.0403. The highest BCUT2D eigenvalue weighted by Gasteiger charge is 2.57. The number of carbonyl (C=O) groups excluding carboxylic acids is 1. The van der Waals surface area contributed by atoms with Crippen LogP contribution in [0, 0.1) is 0 Å². The van der Waals surface area contributed by atoms with E-state index in [1.165, 1.54) is 10.9 Å². The van der Waals surface area contributed by atoms with Gasteiger partial charge < -0.3 is 43.6 Å². The number of carbonyl (C=O) groups is 1. The minimum atomic E-state index is -5.18. The molecule has 3 N–H and O–H groups in total. The van der Waals surface area contributed by atoms with Crippen molar-refractivity contribution < 1.29 is 47.2 Å². The highest BCUT2D eigenvalue weighted by atomic mass is 31.2. The topological polar surface area (TPSA) is 172 Å². The summed E-state index contributed by atoms with van der Waals surface area (Å²) in [6.45, 7) is 4.67. The fraction of sp³-hybridized carbons (Fsp3) is 0.714. The first kappa shape index (κ1) is 20.2. The molecule has 12 nitrogen and oxygen atoms in total. The van der Waals surface area contributed by atoms with Gasteiger partial charge in [-0.2, -0.15) is 0 Å². The van der Waals surface area contributed by atoms with Crippen LogP contribution in [-0.2, 0) is 28.0 Å². The Bertz CT molecular complexity index is 761. The molecule has 0 saturated carbocycles. The van der Waals surface area contributed by atoms with Crippen molar-refractivity contribution >= 4 is 19.6 Å². The molecule has 0 unspecified atom stereocenters. The fourth-order valence-corrected chi connectivity index (χ4v) is 3.50. The van der Waals surface area contributed by atoms with E-state index < -0.39 is 50.7 Å². The van der Waals surface area contributed by atoms with Gasteiger partial charge in [0.2, 0.25) is 6.23 Å². The normalized spacial score (nSPS) is 29.7. The predicted octanol–water partition coefficient (Wildman–Crippen LogP) is -1.68. The Hall–Kier alpha value is -1.53. The van der Waals surface area contributed by atoms with Crippen LogP contribution in [0.25, 0.3) is 0 Å². The number of aromatic amines is 1. The van der Waals surface area contributed by atoms with E-state index in [9.17, 15) is 19.1 Å². The standard InChI is InChI=1S/C14H22N3O9P/c1-4-22-13(18)8-11(15)17(6-16-8)12-10-9(25-14(2,3)26-10)7(24-12)5-23-27(19,20)21/h6-7,9-10,12H,4-5H2,1-3H3,(H4,15,18,19,20,21)/p-1/t7-,9+,10+,12+/m0/s1. The number of phosphoric acid groups is 1. The van der Waals surface area contributed by atoms with Crippen LogP contribution < -0.4 is 20.1 Å². The number of hydrogen-bond donors (Lipinski definition) is 2. The van der Waals surface area contributed by atoms with Gasteiger partial charge in [-0.3, -0.25) is 4.98 Å². The summed E-state index contributed by atoms with van der Waals surface area (Å²) in [6.07, 6.45) is -1.71. The Morgan fingerprint density at radius 1 is 1.41 bits per heavy atom. The van der Waals surface area contributed by atoms with Gasteiger partial charge in [0, 0.05) is 0 Å². The van der Waals surface area contributed by atoms with Gasteiger partial charge in [-0.1, -0.05) is 0 Å².